The lowest BCUT2D eigenvalue weighted by Crippen LogP contribution is -1.84. The standard InChI is InChI=1S/C23H16S/c1-15-10-12-18(19-7-3-2-6-17(15)19)16-11-13-23-21(14-16)20-8-4-5-9-22(20)24-23/h2-14H,1H3. The summed E-state index contributed by atoms with van der Waals surface area (Å²) in [5, 5.41) is 5.38. The predicted octanol–water partition coefficient (Wildman–Crippen LogP) is 7.18. The highest BCUT2D eigenvalue weighted by molar-refractivity contribution is 7.25. The average molecular weight is 324 g/mol. The number of hydrogen-bond acceptors (Lipinski definition) is 1. The molecule has 4 aromatic carbocycles. The maximum Gasteiger partial charge on any atom is 0.0355 e. The molecule has 114 valence electrons. The lowest BCUT2D eigenvalue weighted by Gasteiger charge is -2.09. The Morgan fingerprint density at radius 1 is 0.583 bits per heavy atom. The van der Waals surface area contributed by atoms with Crippen LogP contribution in [0.4, 0.5) is 0 Å². The molecule has 5 aromatic rings. The maximum absolute atomic E-state index is 2.35. The second kappa shape index (κ2) is 5.19. The van der Waals surface area contributed by atoms with Crippen molar-refractivity contribution in [2.75, 3.05) is 0 Å². The fourth-order valence-electron chi connectivity index (χ4n) is 3.60. The molecule has 0 amide bonds. The minimum absolute atomic E-state index is 1.29. The van der Waals surface area contributed by atoms with Crippen LogP contribution >= 0.6 is 11.3 Å². The zero-order valence-electron chi connectivity index (χ0n) is 13.4. The van der Waals surface area contributed by atoms with Gasteiger partial charge in [-0.2, -0.15) is 0 Å². The molecule has 0 atom stereocenters. The molecule has 0 aliphatic carbocycles. The highest BCUT2D eigenvalue weighted by Crippen LogP contribution is 2.38. The van der Waals surface area contributed by atoms with Crippen molar-refractivity contribution in [3.63, 3.8) is 0 Å². The van der Waals surface area contributed by atoms with Crippen LogP contribution in [0.25, 0.3) is 42.1 Å². The average Bonchev–Trinajstić information content (AvgIpc) is 3.00. The van der Waals surface area contributed by atoms with Gasteiger partial charge in [0.15, 0.2) is 0 Å². The van der Waals surface area contributed by atoms with E-state index in [1.807, 2.05) is 11.3 Å². The first-order valence-electron chi connectivity index (χ1n) is 8.21. The summed E-state index contributed by atoms with van der Waals surface area (Å²) < 4.78 is 2.72. The van der Waals surface area contributed by atoms with Gasteiger partial charge in [0.05, 0.1) is 0 Å². The van der Waals surface area contributed by atoms with Crippen LogP contribution in [0.15, 0.2) is 78.9 Å². The lowest BCUT2D eigenvalue weighted by molar-refractivity contribution is 1.53. The Kier molecular flexibility index (Phi) is 2.97. The Morgan fingerprint density at radius 3 is 2.17 bits per heavy atom. The van der Waals surface area contributed by atoms with Crippen molar-refractivity contribution in [1.82, 2.24) is 0 Å². The molecule has 0 N–H and O–H groups in total. The molecule has 0 aliphatic heterocycles. The first kappa shape index (κ1) is 13.8. The third-order valence-corrected chi connectivity index (χ3v) is 5.98. The first-order chi connectivity index (χ1) is 11.8. The van der Waals surface area contributed by atoms with Gasteiger partial charge in [-0.3, -0.25) is 0 Å². The summed E-state index contributed by atoms with van der Waals surface area (Å²) in [6.45, 7) is 2.18. The topological polar surface area (TPSA) is 0 Å². The number of benzene rings is 4. The molecule has 0 spiro atoms. The molecule has 1 heteroatoms. The van der Waals surface area contributed by atoms with Gasteiger partial charge in [0, 0.05) is 20.2 Å². The molecule has 0 aliphatic rings. The molecule has 0 unspecified atom stereocenters. The molecule has 0 nitrogen and oxygen atoms in total. The zero-order chi connectivity index (χ0) is 16.1. The van der Waals surface area contributed by atoms with Gasteiger partial charge in [-0.1, -0.05) is 60.7 Å². The van der Waals surface area contributed by atoms with E-state index in [9.17, 15) is 0 Å². The van der Waals surface area contributed by atoms with Crippen LogP contribution in [-0.2, 0) is 0 Å². The number of aryl methyl sites for hydroxylation is 1. The molecular weight excluding hydrogens is 308 g/mol. The largest absolute Gasteiger partial charge is 0.135 e. The Hall–Kier alpha value is -2.64. The molecular formula is C23H16S. The molecule has 5 rings (SSSR count). The predicted molar refractivity (Wildman–Crippen MR) is 107 cm³/mol. The van der Waals surface area contributed by atoms with Crippen molar-refractivity contribution in [3.05, 3.63) is 84.4 Å². The fraction of sp³-hybridized carbons (Fsp3) is 0.0435. The highest BCUT2D eigenvalue weighted by Gasteiger charge is 2.09. The van der Waals surface area contributed by atoms with Crippen LogP contribution in [0, 0.1) is 6.92 Å². The van der Waals surface area contributed by atoms with Gasteiger partial charge < -0.3 is 0 Å². The quantitative estimate of drug-likeness (QED) is 0.306. The fourth-order valence-corrected chi connectivity index (χ4v) is 4.68. The minimum Gasteiger partial charge on any atom is -0.135 e. The van der Waals surface area contributed by atoms with Gasteiger partial charge in [-0.05, 0) is 52.6 Å². The summed E-state index contributed by atoms with van der Waals surface area (Å²) in [5.41, 5.74) is 3.94. The van der Waals surface area contributed by atoms with E-state index in [2.05, 4.69) is 85.8 Å². The number of thiophene rings is 1. The monoisotopic (exact) mass is 324 g/mol. The molecule has 1 aromatic heterocycles. The van der Waals surface area contributed by atoms with Crippen LogP contribution in [0.3, 0.4) is 0 Å². The number of fused-ring (bicyclic) bond motifs is 4. The van der Waals surface area contributed by atoms with Crippen molar-refractivity contribution in [2.24, 2.45) is 0 Å². The number of rotatable bonds is 1. The maximum atomic E-state index is 2.35. The van der Waals surface area contributed by atoms with Gasteiger partial charge in [-0.15, -0.1) is 11.3 Å². The van der Waals surface area contributed by atoms with Gasteiger partial charge >= 0.3 is 0 Å². The van der Waals surface area contributed by atoms with E-state index < -0.39 is 0 Å². The van der Waals surface area contributed by atoms with Crippen molar-refractivity contribution in [1.29, 1.82) is 0 Å². The summed E-state index contributed by atoms with van der Waals surface area (Å²) in [4.78, 5) is 0. The van der Waals surface area contributed by atoms with Gasteiger partial charge in [0.1, 0.15) is 0 Å². The van der Waals surface area contributed by atoms with E-state index in [0.29, 0.717) is 0 Å². The lowest BCUT2D eigenvalue weighted by atomic mass is 9.95. The third kappa shape index (κ3) is 1.98. The van der Waals surface area contributed by atoms with Gasteiger partial charge in [-0.25, -0.2) is 0 Å². The van der Waals surface area contributed by atoms with Crippen LogP contribution in [0.5, 0.6) is 0 Å². The molecule has 0 bridgehead atoms. The van der Waals surface area contributed by atoms with Crippen LogP contribution in [0.2, 0.25) is 0 Å². The van der Waals surface area contributed by atoms with Gasteiger partial charge in [0.2, 0.25) is 0 Å². The third-order valence-electron chi connectivity index (χ3n) is 4.83. The van der Waals surface area contributed by atoms with E-state index in [1.165, 1.54) is 47.6 Å². The molecule has 0 radical (unpaired) electrons. The molecule has 0 saturated carbocycles. The Balaban J connectivity index is 1.84. The summed E-state index contributed by atoms with van der Waals surface area (Å²) in [6, 6.07) is 28.7. The second-order valence-corrected chi connectivity index (χ2v) is 7.37. The highest BCUT2D eigenvalue weighted by atomic mass is 32.1. The van der Waals surface area contributed by atoms with Gasteiger partial charge in [0.25, 0.3) is 0 Å². The summed E-state index contributed by atoms with van der Waals surface area (Å²) >= 11 is 1.87. The van der Waals surface area contributed by atoms with E-state index >= 15 is 0 Å². The van der Waals surface area contributed by atoms with Crippen molar-refractivity contribution < 1.29 is 0 Å². The van der Waals surface area contributed by atoms with E-state index in [0.717, 1.165) is 0 Å². The SMILES string of the molecule is Cc1ccc(-c2ccc3sc4ccccc4c3c2)c2ccccc12. The van der Waals surface area contributed by atoms with Crippen LogP contribution in [-0.4, -0.2) is 0 Å². The first-order valence-corrected chi connectivity index (χ1v) is 9.03. The molecule has 0 saturated heterocycles. The van der Waals surface area contributed by atoms with E-state index in [1.54, 1.807) is 0 Å². The second-order valence-electron chi connectivity index (χ2n) is 6.28. The zero-order valence-corrected chi connectivity index (χ0v) is 14.2. The molecule has 24 heavy (non-hydrogen) atoms. The minimum atomic E-state index is 1.29. The van der Waals surface area contributed by atoms with Crippen LogP contribution in [0.1, 0.15) is 5.56 Å². The molecule has 1 heterocycles. The van der Waals surface area contributed by atoms with Crippen molar-refractivity contribution in [2.45, 2.75) is 6.92 Å². The summed E-state index contributed by atoms with van der Waals surface area (Å²) in [6.07, 6.45) is 0. The van der Waals surface area contributed by atoms with Crippen molar-refractivity contribution in [3.8, 4) is 11.1 Å². The summed E-state index contributed by atoms with van der Waals surface area (Å²) in [7, 11) is 0. The van der Waals surface area contributed by atoms with E-state index in [4.69, 9.17) is 0 Å². The normalized spacial score (nSPS) is 11.5. The summed E-state index contributed by atoms with van der Waals surface area (Å²) in [5.74, 6) is 0. The Morgan fingerprint density at radius 2 is 1.29 bits per heavy atom. The smallest absolute Gasteiger partial charge is 0.0355 e. The Labute approximate surface area is 145 Å². The number of hydrogen-bond donors (Lipinski definition) is 0. The molecule has 0 fully saturated rings. The Bertz CT molecular complexity index is 1210. The van der Waals surface area contributed by atoms with E-state index in [-0.39, 0.29) is 0 Å². The van der Waals surface area contributed by atoms with Crippen molar-refractivity contribution >= 4 is 42.3 Å². The van der Waals surface area contributed by atoms with Crippen LogP contribution < -0.4 is 0 Å².